The van der Waals surface area contributed by atoms with E-state index < -0.39 is 0 Å². The molecule has 1 aliphatic carbocycles. The molecule has 1 amide bonds. The third-order valence-electron chi connectivity index (χ3n) is 4.90. The Kier molecular flexibility index (Phi) is 3.41. The fraction of sp³-hybridized carbons (Fsp3) is 0.625. The molecule has 1 atom stereocenters. The Morgan fingerprint density at radius 3 is 3.14 bits per heavy atom. The highest BCUT2D eigenvalue weighted by atomic mass is 16.7. The minimum absolute atomic E-state index is 0.0499. The van der Waals surface area contributed by atoms with Crippen LogP contribution in [0.2, 0.25) is 0 Å². The van der Waals surface area contributed by atoms with Crippen LogP contribution in [0.15, 0.2) is 28.0 Å². The van der Waals surface area contributed by atoms with Gasteiger partial charge in [-0.25, -0.2) is 0 Å². The lowest BCUT2D eigenvalue weighted by molar-refractivity contribution is -0.116. The van der Waals surface area contributed by atoms with E-state index in [1.807, 2.05) is 12.1 Å². The Hall–Kier alpha value is -1.82. The fourth-order valence-electron chi connectivity index (χ4n) is 3.37. The first kappa shape index (κ1) is 13.8. The third-order valence-corrected chi connectivity index (χ3v) is 4.90. The second-order valence-corrected chi connectivity index (χ2v) is 6.63. The van der Waals surface area contributed by atoms with Crippen molar-refractivity contribution in [2.45, 2.75) is 50.3 Å². The van der Waals surface area contributed by atoms with Gasteiger partial charge in [0.15, 0.2) is 5.60 Å². The third kappa shape index (κ3) is 2.63. The van der Waals surface area contributed by atoms with Gasteiger partial charge in [0.25, 0.3) is 5.91 Å². The first-order valence-corrected chi connectivity index (χ1v) is 8.03. The van der Waals surface area contributed by atoms with Crippen LogP contribution in [-0.4, -0.2) is 41.3 Å². The predicted octanol–water partition coefficient (Wildman–Crippen LogP) is 1.67. The summed E-state index contributed by atoms with van der Waals surface area (Å²) in [5.74, 6) is 0.907. The molecule has 6 heteroatoms. The molecule has 22 heavy (non-hydrogen) atoms. The van der Waals surface area contributed by atoms with Crippen molar-refractivity contribution in [3.63, 3.8) is 0 Å². The highest BCUT2D eigenvalue weighted by Crippen LogP contribution is 2.34. The number of amides is 1. The van der Waals surface area contributed by atoms with E-state index in [1.54, 1.807) is 6.26 Å². The maximum atomic E-state index is 12.2. The Bertz CT molecular complexity index is 579. The van der Waals surface area contributed by atoms with Crippen molar-refractivity contribution in [2.24, 2.45) is 5.16 Å². The molecule has 4 rings (SSSR count). The van der Waals surface area contributed by atoms with Crippen LogP contribution in [-0.2, 0) is 16.2 Å². The minimum Gasteiger partial charge on any atom is -0.468 e. The molecule has 3 aliphatic rings. The summed E-state index contributed by atoms with van der Waals surface area (Å²) in [6, 6.07) is 4.22. The normalized spacial score (nSPS) is 28.5. The van der Waals surface area contributed by atoms with Crippen molar-refractivity contribution in [1.29, 1.82) is 0 Å². The number of carbonyl (C=O) groups excluding carboxylic acids is 1. The van der Waals surface area contributed by atoms with Crippen LogP contribution < -0.4 is 5.32 Å². The van der Waals surface area contributed by atoms with Crippen molar-refractivity contribution < 1.29 is 14.0 Å². The van der Waals surface area contributed by atoms with Crippen LogP contribution >= 0.6 is 0 Å². The van der Waals surface area contributed by atoms with E-state index in [4.69, 9.17) is 9.25 Å². The van der Waals surface area contributed by atoms with Crippen molar-refractivity contribution in [3.05, 3.63) is 24.2 Å². The van der Waals surface area contributed by atoms with Crippen LogP contribution in [0.4, 0.5) is 0 Å². The van der Waals surface area contributed by atoms with Gasteiger partial charge >= 0.3 is 0 Å². The summed E-state index contributed by atoms with van der Waals surface area (Å²) in [7, 11) is 0. The van der Waals surface area contributed by atoms with Crippen LogP contribution in [0.3, 0.4) is 0 Å². The van der Waals surface area contributed by atoms with Crippen LogP contribution in [0.1, 0.15) is 37.9 Å². The van der Waals surface area contributed by atoms with Gasteiger partial charge in [-0.1, -0.05) is 5.16 Å². The molecular weight excluding hydrogens is 282 g/mol. The minimum atomic E-state index is -0.321. The topological polar surface area (TPSA) is 67.1 Å². The number of hydrogen-bond acceptors (Lipinski definition) is 5. The Morgan fingerprint density at radius 2 is 2.41 bits per heavy atom. The second kappa shape index (κ2) is 5.43. The maximum absolute atomic E-state index is 12.2. The first-order valence-electron chi connectivity index (χ1n) is 8.03. The van der Waals surface area contributed by atoms with Crippen LogP contribution in [0.5, 0.6) is 0 Å². The summed E-state index contributed by atoms with van der Waals surface area (Å²) in [6.45, 7) is 2.51. The molecule has 0 aromatic carbocycles. The molecule has 1 spiro atoms. The number of hydrogen-bond donors (Lipinski definition) is 1. The standard InChI is InChI=1S/C16H21N3O3/c20-15(17-12-3-1-4-12)14-9-16(22-18-14)6-7-19(11-16)10-13-5-2-8-21-13/h2,5,8,12H,1,3-4,6-7,9-11H2,(H,17,20). The zero-order valence-electron chi connectivity index (χ0n) is 12.6. The lowest BCUT2D eigenvalue weighted by Crippen LogP contribution is -2.43. The Balaban J connectivity index is 1.32. The summed E-state index contributed by atoms with van der Waals surface area (Å²) in [4.78, 5) is 20.1. The van der Waals surface area contributed by atoms with Crippen LogP contribution in [0, 0.1) is 0 Å². The summed E-state index contributed by atoms with van der Waals surface area (Å²) in [5, 5.41) is 7.10. The monoisotopic (exact) mass is 303 g/mol. The van der Waals surface area contributed by atoms with Gasteiger partial charge < -0.3 is 14.6 Å². The Labute approximate surface area is 129 Å². The van der Waals surface area contributed by atoms with Crippen molar-refractivity contribution in [2.75, 3.05) is 13.1 Å². The quantitative estimate of drug-likeness (QED) is 0.919. The highest BCUT2D eigenvalue weighted by Gasteiger charge is 2.46. The highest BCUT2D eigenvalue weighted by molar-refractivity contribution is 6.39. The lowest BCUT2D eigenvalue weighted by Gasteiger charge is -2.26. The summed E-state index contributed by atoms with van der Waals surface area (Å²) in [6.07, 6.45) is 6.58. The molecule has 1 saturated heterocycles. The van der Waals surface area contributed by atoms with Crippen molar-refractivity contribution >= 4 is 11.6 Å². The molecule has 0 radical (unpaired) electrons. The van der Waals surface area contributed by atoms with Gasteiger partial charge in [0.05, 0.1) is 12.8 Å². The average Bonchev–Trinajstić information content (AvgIpc) is 3.18. The summed E-state index contributed by atoms with van der Waals surface area (Å²) in [5.41, 5.74) is 0.227. The van der Waals surface area contributed by atoms with E-state index in [1.165, 1.54) is 6.42 Å². The number of rotatable bonds is 4. The smallest absolute Gasteiger partial charge is 0.269 e. The van der Waals surface area contributed by atoms with Gasteiger partial charge in [0, 0.05) is 32.0 Å². The number of oxime groups is 1. The lowest BCUT2D eigenvalue weighted by atomic mass is 9.92. The molecule has 3 heterocycles. The predicted molar refractivity (Wildman–Crippen MR) is 80.3 cm³/mol. The zero-order chi connectivity index (χ0) is 15.0. The Morgan fingerprint density at radius 1 is 1.50 bits per heavy atom. The molecule has 1 saturated carbocycles. The van der Waals surface area contributed by atoms with Gasteiger partial charge in [-0.2, -0.15) is 0 Å². The van der Waals surface area contributed by atoms with E-state index in [0.717, 1.165) is 44.7 Å². The molecule has 1 aromatic heterocycles. The number of nitrogens with one attached hydrogen (secondary N) is 1. The van der Waals surface area contributed by atoms with Gasteiger partial charge in [-0.05, 0) is 31.4 Å². The average molecular weight is 303 g/mol. The molecule has 6 nitrogen and oxygen atoms in total. The van der Waals surface area contributed by atoms with E-state index in [-0.39, 0.29) is 11.5 Å². The molecule has 2 fully saturated rings. The molecule has 1 aromatic rings. The second-order valence-electron chi connectivity index (χ2n) is 6.63. The maximum Gasteiger partial charge on any atom is 0.269 e. The summed E-state index contributed by atoms with van der Waals surface area (Å²) >= 11 is 0. The SMILES string of the molecule is O=C(NC1CCC1)C1=NOC2(CCN(Cc3ccco3)C2)C1. The van der Waals surface area contributed by atoms with E-state index >= 15 is 0 Å². The van der Waals surface area contributed by atoms with Crippen LogP contribution in [0.25, 0.3) is 0 Å². The van der Waals surface area contributed by atoms with Gasteiger partial charge in [0.2, 0.25) is 0 Å². The fourth-order valence-corrected chi connectivity index (χ4v) is 3.37. The first-order chi connectivity index (χ1) is 10.7. The number of likely N-dealkylation sites (tertiary alicyclic amines) is 1. The molecule has 1 N–H and O–H groups in total. The van der Waals surface area contributed by atoms with E-state index in [9.17, 15) is 4.79 Å². The number of nitrogens with zero attached hydrogens (tertiary/aromatic N) is 2. The molecular formula is C16H21N3O3. The largest absolute Gasteiger partial charge is 0.468 e. The van der Waals surface area contributed by atoms with Gasteiger partial charge in [0.1, 0.15) is 11.5 Å². The van der Waals surface area contributed by atoms with E-state index in [2.05, 4.69) is 15.4 Å². The molecule has 2 aliphatic heterocycles. The molecule has 118 valence electrons. The van der Waals surface area contributed by atoms with Gasteiger partial charge in [-0.15, -0.1) is 0 Å². The number of furan rings is 1. The van der Waals surface area contributed by atoms with Crippen molar-refractivity contribution in [1.82, 2.24) is 10.2 Å². The number of carbonyl (C=O) groups is 1. The zero-order valence-corrected chi connectivity index (χ0v) is 12.6. The molecule has 1 unspecified atom stereocenters. The van der Waals surface area contributed by atoms with Crippen molar-refractivity contribution in [3.8, 4) is 0 Å². The summed E-state index contributed by atoms with van der Waals surface area (Å²) < 4.78 is 5.39. The molecule has 0 bridgehead atoms. The van der Waals surface area contributed by atoms with E-state index in [0.29, 0.717) is 18.2 Å². The van der Waals surface area contributed by atoms with Gasteiger partial charge in [-0.3, -0.25) is 9.69 Å².